The fourth-order valence-electron chi connectivity index (χ4n) is 2.77. The minimum absolute atomic E-state index is 0.126. The van der Waals surface area contributed by atoms with Crippen LogP contribution in [0.5, 0.6) is 5.88 Å². The van der Waals surface area contributed by atoms with Gasteiger partial charge in [0.15, 0.2) is 0 Å². The molecule has 5 nitrogen and oxygen atoms in total. The van der Waals surface area contributed by atoms with Gasteiger partial charge in [-0.15, -0.1) is 0 Å². The van der Waals surface area contributed by atoms with Crippen LogP contribution in [0.4, 0.5) is 13.2 Å². The van der Waals surface area contributed by atoms with Crippen molar-refractivity contribution in [1.82, 2.24) is 15.3 Å². The number of hydrogen-bond donors (Lipinski definition) is 1. The molecule has 0 aliphatic rings. The average Bonchev–Trinajstić information content (AvgIpc) is 2.73. The van der Waals surface area contributed by atoms with Gasteiger partial charge in [0, 0.05) is 6.04 Å². The summed E-state index contributed by atoms with van der Waals surface area (Å²) < 4.78 is 43.4. The van der Waals surface area contributed by atoms with E-state index >= 15 is 0 Å². The Morgan fingerprint density at radius 2 is 1.70 bits per heavy atom. The van der Waals surface area contributed by atoms with E-state index in [4.69, 9.17) is 4.74 Å². The van der Waals surface area contributed by atoms with Crippen LogP contribution in [0.15, 0.2) is 67.0 Å². The molecule has 2 aromatic carbocycles. The maximum atomic E-state index is 12.6. The van der Waals surface area contributed by atoms with Crippen molar-refractivity contribution >= 4 is 5.91 Å². The van der Waals surface area contributed by atoms with Gasteiger partial charge in [0.2, 0.25) is 5.88 Å². The molecule has 1 N–H and O–H groups in total. The van der Waals surface area contributed by atoms with Gasteiger partial charge in [-0.2, -0.15) is 13.2 Å². The predicted octanol–water partition coefficient (Wildman–Crippen LogP) is 4.44. The van der Waals surface area contributed by atoms with Crippen molar-refractivity contribution in [3.05, 3.63) is 89.4 Å². The van der Waals surface area contributed by atoms with Crippen molar-refractivity contribution in [2.75, 3.05) is 0 Å². The van der Waals surface area contributed by atoms with Gasteiger partial charge < -0.3 is 10.1 Å². The Bertz CT molecular complexity index is 960. The van der Waals surface area contributed by atoms with Crippen LogP contribution in [0.2, 0.25) is 0 Å². The van der Waals surface area contributed by atoms with Crippen molar-refractivity contribution in [2.24, 2.45) is 0 Å². The standard InChI is InChI=1S/C22H20F3N3O2/c1-15(11-16-7-9-18(10-8-16)22(23,24)25)28-21(29)19-12-27-20(13-26-19)30-14-17-5-3-2-4-6-17/h2-10,12-13,15H,11,14H2,1H3,(H,28,29). The molecule has 0 aliphatic heterocycles. The molecule has 0 spiro atoms. The fourth-order valence-corrected chi connectivity index (χ4v) is 2.77. The van der Waals surface area contributed by atoms with E-state index in [-0.39, 0.29) is 11.7 Å². The minimum atomic E-state index is -4.37. The van der Waals surface area contributed by atoms with Gasteiger partial charge in [-0.1, -0.05) is 42.5 Å². The van der Waals surface area contributed by atoms with Gasteiger partial charge in [0.05, 0.1) is 18.0 Å². The lowest BCUT2D eigenvalue weighted by atomic mass is 10.0. The van der Waals surface area contributed by atoms with Gasteiger partial charge in [-0.05, 0) is 36.6 Å². The largest absolute Gasteiger partial charge is 0.472 e. The molecule has 30 heavy (non-hydrogen) atoms. The number of carbonyl (C=O) groups is 1. The number of hydrogen-bond acceptors (Lipinski definition) is 4. The molecule has 3 aromatic rings. The number of rotatable bonds is 7. The predicted molar refractivity (Wildman–Crippen MR) is 105 cm³/mol. The van der Waals surface area contributed by atoms with Crippen molar-refractivity contribution in [3.63, 3.8) is 0 Å². The summed E-state index contributed by atoms with van der Waals surface area (Å²) in [5.74, 6) is -0.121. The summed E-state index contributed by atoms with van der Waals surface area (Å²) in [5, 5.41) is 2.76. The summed E-state index contributed by atoms with van der Waals surface area (Å²) in [7, 11) is 0. The molecule has 156 valence electrons. The van der Waals surface area contributed by atoms with Gasteiger partial charge in [-0.3, -0.25) is 4.79 Å². The van der Waals surface area contributed by atoms with Crippen LogP contribution in [-0.4, -0.2) is 21.9 Å². The molecule has 0 radical (unpaired) electrons. The van der Waals surface area contributed by atoms with Crippen LogP contribution in [0, 0.1) is 0 Å². The molecule has 0 bridgehead atoms. The van der Waals surface area contributed by atoms with Crippen LogP contribution in [0.3, 0.4) is 0 Å². The SMILES string of the molecule is CC(Cc1ccc(C(F)(F)F)cc1)NC(=O)c1cnc(OCc2ccccc2)cn1. The molecule has 0 saturated heterocycles. The van der Waals surface area contributed by atoms with Crippen LogP contribution in [-0.2, 0) is 19.2 Å². The second-order valence-corrected chi connectivity index (χ2v) is 6.79. The summed E-state index contributed by atoms with van der Waals surface area (Å²) in [6, 6.07) is 14.1. The molecule has 8 heteroatoms. The highest BCUT2D eigenvalue weighted by molar-refractivity contribution is 5.92. The van der Waals surface area contributed by atoms with Crippen LogP contribution >= 0.6 is 0 Å². The first-order valence-corrected chi connectivity index (χ1v) is 9.27. The lowest BCUT2D eigenvalue weighted by Gasteiger charge is -2.14. The second kappa shape index (κ2) is 9.39. The second-order valence-electron chi connectivity index (χ2n) is 6.79. The Balaban J connectivity index is 1.51. The van der Waals surface area contributed by atoms with Crippen LogP contribution < -0.4 is 10.1 Å². The van der Waals surface area contributed by atoms with E-state index in [1.54, 1.807) is 6.92 Å². The number of carbonyl (C=O) groups excluding carboxylic acids is 1. The summed E-state index contributed by atoms with van der Waals surface area (Å²) >= 11 is 0. The van der Waals surface area contributed by atoms with E-state index in [0.717, 1.165) is 17.7 Å². The lowest BCUT2D eigenvalue weighted by Crippen LogP contribution is -2.34. The van der Waals surface area contributed by atoms with Gasteiger partial charge >= 0.3 is 6.18 Å². The molecule has 1 heterocycles. The van der Waals surface area contributed by atoms with Gasteiger partial charge in [0.1, 0.15) is 12.3 Å². The van der Waals surface area contributed by atoms with Gasteiger partial charge in [0.25, 0.3) is 5.91 Å². The molecule has 0 aliphatic carbocycles. The van der Waals surface area contributed by atoms with Crippen LogP contribution in [0.1, 0.15) is 34.1 Å². The van der Waals surface area contributed by atoms with E-state index < -0.39 is 17.6 Å². The number of benzene rings is 2. The molecule has 1 atom stereocenters. The maximum Gasteiger partial charge on any atom is 0.416 e. The lowest BCUT2D eigenvalue weighted by molar-refractivity contribution is -0.137. The highest BCUT2D eigenvalue weighted by atomic mass is 19.4. The first-order valence-electron chi connectivity index (χ1n) is 9.27. The summed E-state index contributed by atoms with van der Waals surface area (Å²) in [5.41, 5.74) is 1.10. The summed E-state index contributed by atoms with van der Waals surface area (Å²) in [6.45, 7) is 2.10. The first-order chi connectivity index (χ1) is 14.3. The first kappa shape index (κ1) is 21.3. The smallest absolute Gasteiger partial charge is 0.416 e. The van der Waals surface area contributed by atoms with E-state index in [1.165, 1.54) is 24.5 Å². The number of amides is 1. The molecule has 1 aromatic heterocycles. The van der Waals surface area contributed by atoms with E-state index in [1.807, 2.05) is 30.3 Å². The van der Waals surface area contributed by atoms with Gasteiger partial charge in [-0.25, -0.2) is 9.97 Å². The molecule has 0 fully saturated rings. The molecule has 0 saturated carbocycles. The number of alkyl halides is 3. The highest BCUT2D eigenvalue weighted by Crippen LogP contribution is 2.29. The monoisotopic (exact) mass is 415 g/mol. The number of ether oxygens (including phenoxy) is 1. The Hall–Kier alpha value is -3.42. The molecular weight excluding hydrogens is 395 g/mol. The van der Waals surface area contributed by atoms with E-state index in [2.05, 4.69) is 15.3 Å². The normalized spacial score (nSPS) is 12.3. The third-order valence-corrected chi connectivity index (χ3v) is 4.29. The van der Waals surface area contributed by atoms with Crippen molar-refractivity contribution in [1.29, 1.82) is 0 Å². The molecule has 3 rings (SSSR count). The fraction of sp³-hybridized carbons (Fsp3) is 0.227. The zero-order valence-electron chi connectivity index (χ0n) is 16.2. The van der Waals surface area contributed by atoms with Crippen molar-refractivity contribution in [3.8, 4) is 5.88 Å². The summed E-state index contributed by atoms with van der Waals surface area (Å²) in [4.78, 5) is 20.5. The van der Waals surface area contributed by atoms with E-state index in [0.29, 0.717) is 24.5 Å². The van der Waals surface area contributed by atoms with Crippen molar-refractivity contribution in [2.45, 2.75) is 32.2 Å². The molecule has 1 unspecified atom stereocenters. The van der Waals surface area contributed by atoms with Crippen LogP contribution in [0.25, 0.3) is 0 Å². The molecular formula is C22H20F3N3O2. The number of halogens is 3. The Morgan fingerprint density at radius 3 is 2.30 bits per heavy atom. The third kappa shape index (κ3) is 6.04. The summed E-state index contributed by atoms with van der Waals surface area (Å²) in [6.07, 6.45) is -1.29. The van der Waals surface area contributed by atoms with Crippen molar-refractivity contribution < 1.29 is 22.7 Å². The number of nitrogens with zero attached hydrogens (tertiary/aromatic N) is 2. The molecule has 1 amide bonds. The maximum absolute atomic E-state index is 12.6. The number of aromatic nitrogens is 2. The highest BCUT2D eigenvalue weighted by Gasteiger charge is 2.29. The minimum Gasteiger partial charge on any atom is -0.472 e. The number of nitrogens with one attached hydrogen (secondary N) is 1. The quantitative estimate of drug-likeness (QED) is 0.620. The zero-order valence-corrected chi connectivity index (χ0v) is 16.2. The third-order valence-electron chi connectivity index (χ3n) is 4.29. The van der Waals surface area contributed by atoms with E-state index in [9.17, 15) is 18.0 Å². The topological polar surface area (TPSA) is 64.1 Å². The zero-order chi connectivity index (χ0) is 21.6. The Labute approximate surface area is 171 Å². The Morgan fingerprint density at radius 1 is 1.00 bits per heavy atom. The average molecular weight is 415 g/mol. The Kier molecular flexibility index (Phi) is 6.66.